The van der Waals surface area contributed by atoms with Crippen LogP contribution in [0.4, 0.5) is 11.4 Å². The van der Waals surface area contributed by atoms with E-state index in [0.29, 0.717) is 34.3 Å². The molecule has 3 heterocycles. The fourth-order valence-electron chi connectivity index (χ4n) is 3.60. The Bertz CT molecular complexity index is 1170. The molecule has 12 heteroatoms. The molecule has 1 amide bonds. The van der Waals surface area contributed by atoms with Crippen LogP contribution in [0.1, 0.15) is 29.0 Å². The van der Waals surface area contributed by atoms with Gasteiger partial charge in [-0.3, -0.25) is 14.3 Å². The van der Waals surface area contributed by atoms with Crippen molar-refractivity contribution in [1.29, 1.82) is 0 Å². The lowest BCUT2D eigenvalue weighted by Gasteiger charge is -2.35. The molecule has 1 fully saturated rings. The van der Waals surface area contributed by atoms with Gasteiger partial charge in [-0.1, -0.05) is 28.4 Å². The number of benzene rings is 1. The number of nitrogens with one attached hydrogen (secondary N) is 4. The molecule has 9 nitrogen and oxygen atoms in total. The molecule has 2 aromatic heterocycles. The maximum absolute atomic E-state index is 12.9. The smallest absolute Gasteiger partial charge is 0.368 e. The Kier molecular flexibility index (Phi) is 6.29. The molecule has 1 unspecified atom stereocenters. The standard InChI is InChI=1S/C19H19Cl3N6O3/c1-9-14(20)15(21)16(23-9)18(29)24-12-5-4-10(17-25-19(30)31-27-17)7-13(12)28-6-2-3-11(8-28)26-22/h4-5,7,11,23,26H,2-3,6,8H2,1H3,(H,24,29)(H,25,27,30). The molecule has 0 radical (unpaired) electrons. The summed E-state index contributed by atoms with van der Waals surface area (Å²) in [5.41, 5.74) is 2.73. The zero-order valence-corrected chi connectivity index (χ0v) is 18.7. The molecule has 164 valence electrons. The highest BCUT2D eigenvalue weighted by molar-refractivity contribution is 6.44. The molecule has 1 saturated heterocycles. The number of carbonyl (C=O) groups excluding carboxylic acids is 1. The van der Waals surface area contributed by atoms with Crippen LogP contribution in [0.15, 0.2) is 27.5 Å². The van der Waals surface area contributed by atoms with E-state index in [2.05, 4.69) is 34.7 Å². The van der Waals surface area contributed by atoms with Crippen LogP contribution in [0.5, 0.6) is 0 Å². The third-order valence-corrected chi connectivity index (χ3v) is 6.41. The van der Waals surface area contributed by atoms with Crippen molar-refractivity contribution in [1.82, 2.24) is 20.0 Å². The normalized spacial score (nSPS) is 16.5. The first kappa shape index (κ1) is 21.8. The fraction of sp³-hybridized carbons (Fsp3) is 0.316. The first-order valence-corrected chi connectivity index (χ1v) is 10.7. The van der Waals surface area contributed by atoms with Crippen molar-refractivity contribution >= 4 is 52.3 Å². The van der Waals surface area contributed by atoms with Gasteiger partial charge in [-0.2, -0.15) is 0 Å². The zero-order chi connectivity index (χ0) is 22.1. The second-order valence-electron chi connectivity index (χ2n) is 7.28. The lowest BCUT2D eigenvalue weighted by atomic mass is 10.0. The van der Waals surface area contributed by atoms with E-state index < -0.39 is 11.7 Å². The lowest BCUT2D eigenvalue weighted by Crippen LogP contribution is -2.43. The van der Waals surface area contributed by atoms with Gasteiger partial charge in [-0.05, 0) is 49.7 Å². The molecule has 1 aliphatic rings. The SMILES string of the molecule is Cc1[nH]c(C(=O)Nc2ccc(-c3noc(=O)[nH]3)cc2N2CCCC(NCl)C2)c(Cl)c1Cl. The number of hydrogen-bond acceptors (Lipinski definition) is 6. The van der Waals surface area contributed by atoms with Gasteiger partial charge in [0, 0.05) is 30.4 Å². The highest BCUT2D eigenvalue weighted by Crippen LogP contribution is 2.34. The van der Waals surface area contributed by atoms with E-state index in [4.69, 9.17) is 35.0 Å². The predicted molar refractivity (Wildman–Crippen MR) is 120 cm³/mol. The summed E-state index contributed by atoms with van der Waals surface area (Å²) in [6, 6.07) is 5.38. The quantitative estimate of drug-likeness (QED) is 0.407. The Morgan fingerprint density at radius 3 is 2.74 bits per heavy atom. The van der Waals surface area contributed by atoms with Crippen LogP contribution in [0.25, 0.3) is 11.4 Å². The summed E-state index contributed by atoms with van der Waals surface area (Å²) in [6.07, 6.45) is 1.86. The van der Waals surface area contributed by atoms with E-state index in [-0.39, 0.29) is 16.8 Å². The molecular formula is C19H19Cl3N6O3. The van der Waals surface area contributed by atoms with Gasteiger partial charge in [-0.15, -0.1) is 0 Å². The Morgan fingerprint density at radius 1 is 1.29 bits per heavy atom. The molecule has 1 aromatic carbocycles. The van der Waals surface area contributed by atoms with E-state index in [1.165, 1.54) is 0 Å². The molecule has 0 saturated carbocycles. The van der Waals surface area contributed by atoms with E-state index >= 15 is 0 Å². The number of nitrogens with zero attached hydrogens (tertiary/aromatic N) is 2. The molecular weight excluding hydrogens is 467 g/mol. The monoisotopic (exact) mass is 484 g/mol. The average molecular weight is 486 g/mol. The fourth-order valence-corrected chi connectivity index (χ4v) is 4.19. The summed E-state index contributed by atoms with van der Waals surface area (Å²) in [6.45, 7) is 3.14. The van der Waals surface area contributed by atoms with Gasteiger partial charge in [0.2, 0.25) is 0 Å². The summed E-state index contributed by atoms with van der Waals surface area (Å²) in [5.74, 6) is -0.775. The number of piperidine rings is 1. The van der Waals surface area contributed by atoms with Gasteiger partial charge < -0.3 is 15.2 Å². The highest BCUT2D eigenvalue weighted by atomic mass is 35.5. The van der Waals surface area contributed by atoms with Crippen molar-refractivity contribution < 1.29 is 9.32 Å². The molecule has 4 N–H and O–H groups in total. The first-order valence-electron chi connectivity index (χ1n) is 9.53. The topological polar surface area (TPSA) is 119 Å². The van der Waals surface area contributed by atoms with Gasteiger partial charge in [0.15, 0.2) is 5.82 Å². The number of aryl methyl sites for hydroxylation is 1. The van der Waals surface area contributed by atoms with Crippen LogP contribution in [0.3, 0.4) is 0 Å². The van der Waals surface area contributed by atoms with Crippen molar-refractivity contribution in [3.05, 3.63) is 50.2 Å². The van der Waals surface area contributed by atoms with Crippen molar-refractivity contribution in [3.63, 3.8) is 0 Å². The van der Waals surface area contributed by atoms with Gasteiger partial charge >= 0.3 is 5.76 Å². The average Bonchev–Trinajstić information content (AvgIpc) is 3.32. The molecule has 0 spiro atoms. The summed E-state index contributed by atoms with van der Waals surface area (Å²) < 4.78 is 4.61. The maximum Gasteiger partial charge on any atom is 0.439 e. The number of hydrogen-bond donors (Lipinski definition) is 4. The minimum Gasteiger partial charge on any atom is -0.368 e. The van der Waals surface area contributed by atoms with E-state index in [0.717, 1.165) is 25.1 Å². The molecule has 31 heavy (non-hydrogen) atoms. The maximum atomic E-state index is 12.9. The minimum absolute atomic E-state index is 0.0915. The second kappa shape index (κ2) is 8.96. The van der Waals surface area contributed by atoms with Gasteiger partial charge in [-0.25, -0.2) is 9.63 Å². The summed E-state index contributed by atoms with van der Waals surface area (Å²) in [5, 5.41) is 7.12. The van der Waals surface area contributed by atoms with Crippen LogP contribution in [0, 0.1) is 6.92 Å². The number of rotatable bonds is 5. The predicted octanol–water partition coefficient (Wildman–Crippen LogP) is 3.94. The van der Waals surface area contributed by atoms with Gasteiger partial charge in [0.25, 0.3) is 5.91 Å². The van der Waals surface area contributed by atoms with E-state index in [9.17, 15) is 9.59 Å². The highest BCUT2D eigenvalue weighted by Gasteiger charge is 2.24. The van der Waals surface area contributed by atoms with Crippen LogP contribution in [-0.4, -0.2) is 40.2 Å². The van der Waals surface area contributed by atoms with Crippen LogP contribution < -0.4 is 20.8 Å². The second-order valence-corrected chi connectivity index (χ2v) is 8.25. The van der Waals surface area contributed by atoms with Crippen LogP contribution in [-0.2, 0) is 0 Å². The number of amides is 1. The molecule has 1 aliphatic heterocycles. The Balaban J connectivity index is 1.71. The summed E-state index contributed by atoms with van der Waals surface area (Å²) >= 11 is 18.2. The summed E-state index contributed by atoms with van der Waals surface area (Å²) in [4.78, 5) is 34.6. The van der Waals surface area contributed by atoms with E-state index in [1.807, 2.05) is 6.07 Å². The van der Waals surface area contributed by atoms with Crippen LogP contribution in [0.2, 0.25) is 10.0 Å². The van der Waals surface area contributed by atoms with E-state index in [1.54, 1.807) is 19.1 Å². The Labute approximate surface area is 192 Å². The van der Waals surface area contributed by atoms with Crippen molar-refractivity contribution in [3.8, 4) is 11.4 Å². The van der Waals surface area contributed by atoms with Crippen molar-refractivity contribution in [2.24, 2.45) is 0 Å². The summed E-state index contributed by atoms with van der Waals surface area (Å²) in [7, 11) is 0. The lowest BCUT2D eigenvalue weighted by molar-refractivity contribution is 0.102. The number of halogens is 3. The molecule has 1 atom stereocenters. The number of H-pyrrole nitrogens is 2. The molecule has 4 rings (SSSR count). The first-order chi connectivity index (χ1) is 14.9. The number of carbonyl (C=O) groups is 1. The third-order valence-electron chi connectivity index (χ3n) is 5.16. The Hall–Kier alpha value is -2.46. The number of anilines is 2. The van der Waals surface area contributed by atoms with Crippen molar-refractivity contribution in [2.75, 3.05) is 23.3 Å². The molecule has 0 bridgehead atoms. The van der Waals surface area contributed by atoms with Crippen LogP contribution >= 0.6 is 35.0 Å². The number of aromatic amines is 2. The minimum atomic E-state index is -0.646. The van der Waals surface area contributed by atoms with Gasteiger partial charge in [0.1, 0.15) is 5.69 Å². The molecule has 0 aliphatic carbocycles. The molecule has 3 aromatic rings. The number of aromatic nitrogens is 3. The van der Waals surface area contributed by atoms with Crippen molar-refractivity contribution in [2.45, 2.75) is 25.8 Å². The largest absolute Gasteiger partial charge is 0.439 e. The Morgan fingerprint density at radius 2 is 2.10 bits per heavy atom. The zero-order valence-electron chi connectivity index (χ0n) is 16.4. The third kappa shape index (κ3) is 4.45. The van der Waals surface area contributed by atoms with Gasteiger partial charge in [0.05, 0.1) is 21.4 Å².